The second kappa shape index (κ2) is 5.71. The summed E-state index contributed by atoms with van der Waals surface area (Å²) in [5, 5.41) is 15.9. The van der Waals surface area contributed by atoms with Crippen LogP contribution >= 0.6 is 11.3 Å². The van der Waals surface area contributed by atoms with Gasteiger partial charge in [0.15, 0.2) is 0 Å². The second-order valence-electron chi connectivity index (χ2n) is 4.18. The van der Waals surface area contributed by atoms with Crippen molar-refractivity contribution in [2.45, 2.75) is 6.54 Å². The molecule has 0 aliphatic heterocycles. The minimum absolute atomic E-state index is 0.0971. The van der Waals surface area contributed by atoms with E-state index in [2.05, 4.69) is 11.4 Å². The van der Waals surface area contributed by atoms with Gasteiger partial charge in [0.05, 0.1) is 11.5 Å². The topological polar surface area (TPSA) is 58.4 Å². The lowest BCUT2D eigenvalue weighted by Crippen LogP contribution is -2.15. The van der Waals surface area contributed by atoms with E-state index in [1.807, 2.05) is 29.5 Å². The van der Waals surface area contributed by atoms with E-state index in [4.69, 9.17) is 0 Å². The smallest absolute Gasteiger partial charge is 0.273 e. The van der Waals surface area contributed by atoms with Crippen LogP contribution in [0.1, 0.15) is 4.88 Å². The molecule has 0 spiro atoms. The Hall–Kier alpha value is -2.08. The fraction of sp³-hybridized carbons (Fsp3) is 0.231. The van der Waals surface area contributed by atoms with E-state index in [1.165, 1.54) is 10.9 Å². The second-order valence-corrected chi connectivity index (χ2v) is 5.21. The highest BCUT2D eigenvalue weighted by Crippen LogP contribution is 2.27. The fourth-order valence-electron chi connectivity index (χ4n) is 1.79. The van der Waals surface area contributed by atoms with Crippen LogP contribution in [0.4, 0.5) is 17.1 Å². The van der Waals surface area contributed by atoms with Crippen molar-refractivity contribution in [2.75, 3.05) is 24.3 Å². The molecule has 100 valence electrons. The van der Waals surface area contributed by atoms with Gasteiger partial charge in [-0.05, 0) is 17.5 Å². The van der Waals surface area contributed by atoms with E-state index in [0.29, 0.717) is 0 Å². The molecule has 6 heteroatoms. The monoisotopic (exact) mass is 277 g/mol. The normalized spacial score (nSPS) is 10.2. The number of hydrogen-bond acceptors (Lipinski definition) is 5. The van der Waals surface area contributed by atoms with Gasteiger partial charge in [-0.15, -0.1) is 11.3 Å². The van der Waals surface area contributed by atoms with Gasteiger partial charge < -0.3 is 10.2 Å². The molecule has 0 saturated carbocycles. The zero-order valence-electron chi connectivity index (χ0n) is 10.8. The minimum Gasteiger partial charge on any atom is -0.388 e. The summed E-state index contributed by atoms with van der Waals surface area (Å²) in [6.45, 7) is 0.738. The van der Waals surface area contributed by atoms with Crippen LogP contribution in [0.2, 0.25) is 0 Å². The first-order valence-corrected chi connectivity index (χ1v) is 6.69. The highest BCUT2D eigenvalue weighted by Gasteiger charge is 2.12. The summed E-state index contributed by atoms with van der Waals surface area (Å²) in [4.78, 5) is 13.8. The Morgan fingerprint density at radius 3 is 2.79 bits per heavy atom. The average Bonchev–Trinajstić information content (AvgIpc) is 2.90. The van der Waals surface area contributed by atoms with Crippen LogP contribution in [0.5, 0.6) is 0 Å². The first-order chi connectivity index (χ1) is 9.10. The number of hydrogen-bond donors (Lipinski definition) is 1. The predicted octanol–water partition coefficient (Wildman–Crippen LogP) is 3.33. The van der Waals surface area contributed by atoms with Crippen molar-refractivity contribution in [3.63, 3.8) is 0 Å². The van der Waals surface area contributed by atoms with E-state index in [0.717, 1.165) is 17.9 Å². The highest BCUT2D eigenvalue weighted by molar-refractivity contribution is 7.09. The van der Waals surface area contributed by atoms with E-state index in [9.17, 15) is 10.1 Å². The van der Waals surface area contributed by atoms with Gasteiger partial charge in [-0.3, -0.25) is 10.1 Å². The fourth-order valence-corrected chi connectivity index (χ4v) is 2.55. The van der Waals surface area contributed by atoms with Gasteiger partial charge in [0.25, 0.3) is 5.69 Å². The lowest BCUT2D eigenvalue weighted by atomic mass is 10.2. The summed E-state index contributed by atoms with van der Waals surface area (Å²) >= 11 is 1.68. The molecule has 0 atom stereocenters. The molecule has 0 aliphatic carbocycles. The van der Waals surface area contributed by atoms with Crippen LogP contribution in [0, 0.1) is 10.1 Å². The van der Waals surface area contributed by atoms with Crippen molar-refractivity contribution in [1.82, 2.24) is 0 Å². The van der Waals surface area contributed by atoms with Crippen molar-refractivity contribution in [1.29, 1.82) is 0 Å². The maximum Gasteiger partial charge on any atom is 0.273 e. The van der Waals surface area contributed by atoms with Crippen LogP contribution in [0.3, 0.4) is 0 Å². The molecule has 0 bridgehead atoms. The van der Waals surface area contributed by atoms with Crippen LogP contribution in [-0.2, 0) is 6.54 Å². The molecule has 1 heterocycles. The zero-order chi connectivity index (χ0) is 13.8. The highest BCUT2D eigenvalue weighted by atomic mass is 32.1. The van der Waals surface area contributed by atoms with Gasteiger partial charge in [-0.2, -0.15) is 0 Å². The van der Waals surface area contributed by atoms with Crippen LogP contribution < -0.4 is 10.2 Å². The lowest BCUT2D eigenvalue weighted by Gasteiger charge is -2.19. The number of nitro groups is 1. The van der Waals surface area contributed by atoms with Gasteiger partial charge in [-0.1, -0.05) is 6.07 Å². The van der Waals surface area contributed by atoms with Crippen LogP contribution in [0.25, 0.3) is 0 Å². The molecule has 19 heavy (non-hydrogen) atoms. The van der Waals surface area contributed by atoms with Gasteiger partial charge in [0.2, 0.25) is 0 Å². The maximum atomic E-state index is 10.9. The molecule has 0 saturated heterocycles. The number of anilines is 2. The SMILES string of the molecule is CNc1cc(N(C)Cc2cccs2)cc([N+](=O)[O-])c1. The molecular weight excluding hydrogens is 262 g/mol. The summed E-state index contributed by atoms with van der Waals surface area (Å²) in [5.74, 6) is 0. The molecule has 2 rings (SSSR count). The van der Waals surface area contributed by atoms with Crippen molar-refractivity contribution in [2.24, 2.45) is 0 Å². The molecule has 0 amide bonds. The van der Waals surface area contributed by atoms with Crippen LogP contribution in [0.15, 0.2) is 35.7 Å². The van der Waals surface area contributed by atoms with Crippen molar-refractivity contribution < 1.29 is 4.92 Å². The number of nitro benzene ring substituents is 1. The number of rotatable bonds is 5. The molecular formula is C13H15N3O2S. The first kappa shape index (κ1) is 13.4. The van der Waals surface area contributed by atoms with E-state index < -0.39 is 0 Å². The molecule has 2 aromatic rings. The average molecular weight is 277 g/mol. The number of benzene rings is 1. The van der Waals surface area contributed by atoms with E-state index >= 15 is 0 Å². The van der Waals surface area contributed by atoms with Gasteiger partial charge in [0.1, 0.15) is 0 Å². The number of non-ortho nitro benzene ring substituents is 1. The number of thiophene rings is 1. The minimum atomic E-state index is -0.372. The summed E-state index contributed by atoms with van der Waals surface area (Å²) < 4.78 is 0. The molecule has 0 radical (unpaired) electrons. The molecule has 1 N–H and O–H groups in total. The molecule has 1 aromatic carbocycles. The van der Waals surface area contributed by atoms with Crippen molar-refractivity contribution >= 4 is 28.4 Å². The van der Waals surface area contributed by atoms with Crippen LogP contribution in [-0.4, -0.2) is 19.0 Å². The Morgan fingerprint density at radius 2 is 2.21 bits per heavy atom. The molecule has 5 nitrogen and oxygen atoms in total. The third-order valence-corrected chi connectivity index (χ3v) is 3.68. The lowest BCUT2D eigenvalue weighted by molar-refractivity contribution is -0.384. The quantitative estimate of drug-likeness (QED) is 0.672. The Morgan fingerprint density at radius 1 is 1.42 bits per heavy atom. The maximum absolute atomic E-state index is 10.9. The molecule has 0 fully saturated rings. The Labute approximate surface area is 115 Å². The number of nitrogens with one attached hydrogen (secondary N) is 1. The Kier molecular flexibility index (Phi) is 4.01. The Balaban J connectivity index is 2.27. The van der Waals surface area contributed by atoms with E-state index in [-0.39, 0.29) is 10.6 Å². The largest absolute Gasteiger partial charge is 0.388 e. The zero-order valence-corrected chi connectivity index (χ0v) is 11.6. The van der Waals surface area contributed by atoms with Crippen molar-refractivity contribution in [3.05, 3.63) is 50.7 Å². The third kappa shape index (κ3) is 3.23. The summed E-state index contributed by atoms with van der Waals surface area (Å²) in [6.07, 6.45) is 0. The van der Waals surface area contributed by atoms with Gasteiger partial charge >= 0.3 is 0 Å². The van der Waals surface area contributed by atoms with Crippen molar-refractivity contribution in [3.8, 4) is 0 Å². The number of nitrogens with zero attached hydrogens (tertiary/aromatic N) is 2. The standard InChI is InChI=1S/C13H15N3O2S/c1-14-10-6-11(8-12(7-10)16(17)18)15(2)9-13-4-3-5-19-13/h3-8,14H,9H2,1-2H3. The molecule has 0 unspecified atom stereocenters. The van der Waals surface area contributed by atoms with Gasteiger partial charge in [0, 0.05) is 42.5 Å². The summed E-state index contributed by atoms with van der Waals surface area (Å²) in [7, 11) is 3.68. The molecule has 0 aliphatic rings. The molecule has 1 aromatic heterocycles. The van der Waals surface area contributed by atoms with Gasteiger partial charge in [-0.25, -0.2) is 0 Å². The Bertz CT molecular complexity index is 569. The summed E-state index contributed by atoms with van der Waals surface area (Å²) in [5.41, 5.74) is 1.66. The summed E-state index contributed by atoms with van der Waals surface area (Å²) in [6, 6.07) is 9.08. The first-order valence-electron chi connectivity index (χ1n) is 5.81. The van der Waals surface area contributed by atoms with E-state index in [1.54, 1.807) is 24.5 Å². The predicted molar refractivity (Wildman–Crippen MR) is 79.1 cm³/mol. The third-order valence-electron chi connectivity index (χ3n) is 2.82.